The SMILES string of the molecule is COCCCC[C@](O)(c1ccccc1-c1ccccc1Cl)C1CCCCN1. The lowest BCUT2D eigenvalue weighted by molar-refractivity contribution is -0.0226. The minimum absolute atomic E-state index is 0.0532. The Bertz CT molecular complexity index is 730. The highest BCUT2D eigenvalue weighted by atomic mass is 35.5. The third-order valence-electron chi connectivity index (χ3n) is 5.60. The van der Waals surface area contributed by atoms with E-state index in [0.717, 1.165) is 55.5 Å². The Labute approximate surface area is 167 Å². The van der Waals surface area contributed by atoms with Crippen LogP contribution in [0.2, 0.25) is 5.02 Å². The predicted octanol–water partition coefficient (Wildman–Crippen LogP) is 5.15. The molecule has 1 heterocycles. The van der Waals surface area contributed by atoms with Gasteiger partial charge in [0.25, 0.3) is 0 Å². The molecule has 1 fully saturated rings. The molecule has 1 aliphatic rings. The molecule has 2 atom stereocenters. The molecular formula is C23H30ClNO2. The topological polar surface area (TPSA) is 41.5 Å². The predicted molar refractivity (Wildman–Crippen MR) is 112 cm³/mol. The number of rotatable bonds is 8. The average molecular weight is 388 g/mol. The summed E-state index contributed by atoms with van der Waals surface area (Å²) in [5, 5.41) is 16.3. The van der Waals surface area contributed by atoms with Gasteiger partial charge in [0.15, 0.2) is 0 Å². The van der Waals surface area contributed by atoms with Crippen LogP contribution in [0.25, 0.3) is 11.1 Å². The van der Waals surface area contributed by atoms with Crippen LogP contribution in [-0.4, -0.2) is 31.4 Å². The van der Waals surface area contributed by atoms with Crippen LogP contribution in [0, 0.1) is 0 Å². The molecule has 0 aromatic heterocycles. The zero-order chi connectivity index (χ0) is 19.1. The van der Waals surface area contributed by atoms with Crippen molar-refractivity contribution < 1.29 is 9.84 Å². The van der Waals surface area contributed by atoms with Crippen LogP contribution in [0.5, 0.6) is 0 Å². The lowest BCUT2D eigenvalue weighted by atomic mass is 9.76. The van der Waals surface area contributed by atoms with Crippen molar-refractivity contribution in [2.75, 3.05) is 20.3 Å². The van der Waals surface area contributed by atoms with Gasteiger partial charge < -0.3 is 15.2 Å². The first kappa shape index (κ1) is 20.3. The normalized spacial score (nSPS) is 19.6. The molecule has 2 N–H and O–H groups in total. The van der Waals surface area contributed by atoms with Gasteiger partial charge in [0.1, 0.15) is 5.60 Å². The third-order valence-corrected chi connectivity index (χ3v) is 5.93. The van der Waals surface area contributed by atoms with Crippen molar-refractivity contribution in [2.45, 2.75) is 50.2 Å². The average Bonchev–Trinajstić information content (AvgIpc) is 2.72. The van der Waals surface area contributed by atoms with Crippen LogP contribution in [-0.2, 0) is 10.3 Å². The highest BCUT2D eigenvalue weighted by Gasteiger charge is 2.40. The summed E-state index contributed by atoms with van der Waals surface area (Å²) in [6, 6.07) is 16.1. The van der Waals surface area contributed by atoms with Crippen LogP contribution < -0.4 is 5.32 Å². The van der Waals surface area contributed by atoms with E-state index in [1.807, 2.05) is 36.4 Å². The Balaban J connectivity index is 2.00. The van der Waals surface area contributed by atoms with E-state index in [2.05, 4.69) is 17.4 Å². The van der Waals surface area contributed by atoms with Crippen molar-refractivity contribution in [3.8, 4) is 11.1 Å². The lowest BCUT2D eigenvalue weighted by Crippen LogP contribution is -2.51. The number of hydrogen-bond donors (Lipinski definition) is 2. The quantitative estimate of drug-likeness (QED) is 0.615. The molecule has 0 saturated carbocycles. The van der Waals surface area contributed by atoms with Crippen molar-refractivity contribution in [3.05, 3.63) is 59.1 Å². The molecule has 146 valence electrons. The second-order valence-electron chi connectivity index (χ2n) is 7.40. The number of aliphatic hydroxyl groups is 1. The molecule has 3 nitrogen and oxygen atoms in total. The van der Waals surface area contributed by atoms with E-state index in [0.29, 0.717) is 11.4 Å². The summed E-state index contributed by atoms with van der Waals surface area (Å²) >= 11 is 6.50. The van der Waals surface area contributed by atoms with Gasteiger partial charge in [-0.25, -0.2) is 0 Å². The number of piperidine rings is 1. The summed E-state index contributed by atoms with van der Waals surface area (Å²) in [6.45, 7) is 1.68. The van der Waals surface area contributed by atoms with Crippen LogP contribution >= 0.6 is 11.6 Å². The van der Waals surface area contributed by atoms with Gasteiger partial charge >= 0.3 is 0 Å². The van der Waals surface area contributed by atoms with E-state index in [1.54, 1.807) is 7.11 Å². The van der Waals surface area contributed by atoms with E-state index in [-0.39, 0.29) is 6.04 Å². The molecule has 0 spiro atoms. The molecule has 2 aromatic carbocycles. The first-order valence-electron chi connectivity index (χ1n) is 9.96. The first-order chi connectivity index (χ1) is 13.2. The summed E-state index contributed by atoms with van der Waals surface area (Å²) in [5.74, 6) is 0. The molecule has 0 bridgehead atoms. The molecule has 1 saturated heterocycles. The lowest BCUT2D eigenvalue weighted by Gasteiger charge is -2.41. The van der Waals surface area contributed by atoms with Crippen LogP contribution in [0.1, 0.15) is 44.1 Å². The zero-order valence-electron chi connectivity index (χ0n) is 16.1. The molecule has 27 heavy (non-hydrogen) atoms. The second kappa shape index (κ2) is 9.70. The largest absolute Gasteiger partial charge is 0.385 e. The summed E-state index contributed by atoms with van der Waals surface area (Å²) in [6.07, 6.45) is 5.86. The van der Waals surface area contributed by atoms with Crippen LogP contribution in [0.3, 0.4) is 0 Å². The summed E-state index contributed by atoms with van der Waals surface area (Å²) in [4.78, 5) is 0. The van der Waals surface area contributed by atoms with Crippen molar-refractivity contribution in [3.63, 3.8) is 0 Å². The van der Waals surface area contributed by atoms with Gasteiger partial charge in [-0.15, -0.1) is 0 Å². The maximum absolute atomic E-state index is 12.0. The molecular weight excluding hydrogens is 358 g/mol. The zero-order valence-corrected chi connectivity index (χ0v) is 16.8. The van der Waals surface area contributed by atoms with Gasteiger partial charge in [-0.3, -0.25) is 0 Å². The molecule has 0 amide bonds. The summed E-state index contributed by atoms with van der Waals surface area (Å²) in [7, 11) is 1.72. The fourth-order valence-corrected chi connectivity index (χ4v) is 4.41. The molecule has 1 aliphatic heterocycles. The minimum atomic E-state index is -0.927. The van der Waals surface area contributed by atoms with Crippen LogP contribution in [0.4, 0.5) is 0 Å². The first-order valence-corrected chi connectivity index (χ1v) is 10.3. The van der Waals surface area contributed by atoms with Crippen molar-refractivity contribution >= 4 is 11.6 Å². The minimum Gasteiger partial charge on any atom is -0.385 e. The molecule has 4 heteroatoms. The van der Waals surface area contributed by atoms with Gasteiger partial charge in [-0.05, 0) is 55.8 Å². The van der Waals surface area contributed by atoms with Gasteiger partial charge in [0, 0.05) is 30.3 Å². The van der Waals surface area contributed by atoms with E-state index in [9.17, 15) is 5.11 Å². The number of unbranched alkanes of at least 4 members (excludes halogenated alkanes) is 1. The number of hydrogen-bond acceptors (Lipinski definition) is 3. The van der Waals surface area contributed by atoms with E-state index < -0.39 is 5.60 Å². The molecule has 1 unspecified atom stereocenters. The van der Waals surface area contributed by atoms with Crippen molar-refractivity contribution in [1.29, 1.82) is 0 Å². The second-order valence-corrected chi connectivity index (χ2v) is 7.81. The maximum atomic E-state index is 12.0. The summed E-state index contributed by atoms with van der Waals surface area (Å²) in [5.41, 5.74) is 2.03. The molecule has 0 radical (unpaired) electrons. The third kappa shape index (κ3) is 4.72. The van der Waals surface area contributed by atoms with E-state index >= 15 is 0 Å². The standard InChI is InChI=1S/C23H30ClNO2/c1-27-17-9-7-15-23(26,22-14-6-8-16-25-22)20-12-4-2-10-18(20)19-11-3-5-13-21(19)24/h2-5,10-13,22,25-26H,6-9,14-17H2,1H3/t22?,23-/m0/s1. The Morgan fingerprint density at radius 3 is 2.52 bits per heavy atom. The number of benzene rings is 2. The number of methoxy groups -OCH3 is 1. The Kier molecular flexibility index (Phi) is 7.31. The Morgan fingerprint density at radius 1 is 1.07 bits per heavy atom. The highest BCUT2D eigenvalue weighted by Crippen LogP contribution is 2.41. The Morgan fingerprint density at radius 2 is 1.81 bits per heavy atom. The number of halogens is 1. The van der Waals surface area contributed by atoms with Gasteiger partial charge in [-0.1, -0.05) is 60.5 Å². The Hall–Kier alpha value is -1.39. The number of nitrogens with one attached hydrogen (secondary N) is 1. The van der Waals surface area contributed by atoms with Crippen molar-refractivity contribution in [1.82, 2.24) is 5.32 Å². The highest BCUT2D eigenvalue weighted by molar-refractivity contribution is 6.33. The van der Waals surface area contributed by atoms with E-state index in [1.165, 1.54) is 6.42 Å². The maximum Gasteiger partial charge on any atom is 0.105 e. The van der Waals surface area contributed by atoms with E-state index in [4.69, 9.17) is 16.3 Å². The summed E-state index contributed by atoms with van der Waals surface area (Å²) < 4.78 is 5.20. The van der Waals surface area contributed by atoms with Gasteiger partial charge in [0.2, 0.25) is 0 Å². The molecule has 0 aliphatic carbocycles. The van der Waals surface area contributed by atoms with Crippen molar-refractivity contribution in [2.24, 2.45) is 0 Å². The monoisotopic (exact) mass is 387 g/mol. The van der Waals surface area contributed by atoms with Gasteiger partial charge in [-0.2, -0.15) is 0 Å². The van der Waals surface area contributed by atoms with Gasteiger partial charge in [0.05, 0.1) is 0 Å². The fraction of sp³-hybridized carbons (Fsp3) is 0.478. The smallest absolute Gasteiger partial charge is 0.105 e. The molecule has 3 rings (SSSR count). The van der Waals surface area contributed by atoms with Crippen LogP contribution in [0.15, 0.2) is 48.5 Å². The number of ether oxygens (including phenoxy) is 1. The fourth-order valence-electron chi connectivity index (χ4n) is 4.17. The molecule has 2 aromatic rings.